The van der Waals surface area contributed by atoms with Crippen LogP contribution in [0.4, 0.5) is 0 Å². The van der Waals surface area contributed by atoms with Crippen molar-refractivity contribution in [1.29, 1.82) is 0 Å². The number of hydrogen-bond donors (Lipinski definition) is 1. The van der Waals surface area contributed by atoms with E-state index in [-0.39, 0.29) is 6.61 Å². The van der Waals surface area contributed by atoms with Gasteiger partial charge in [-0.25, -0.2) is 0 Å². The van der Waals surface area contributed by atoms with Gasteiger partial charge < -0.3 is 14.6 Å². The number of hydrogen-bond acceptors (Lipinski definition) is 3. The summed E-state index contributed by atoms with van der Waals surface area (Å²) >= 11 is 0. The van der Waals surface area contributed by atoms with E-state index in [1.54, 1.807) is 0 Å². The van der Waals surface area contributed by atoms with Crippen molar-refractivity contribution >= 4 is 0 Å². The van der Waals surface area contributed by atoms with E-state index in [9.17, 15) is 5.11 Å². The second-order valence-corrected chi connectivity index (χ2v) is 4.37. The summed E-state index contributed by atoms with van der Waals surface area (Å²) in [6.45, 7) is 5.69. The maximum Gasteiger partial charge on any atom is 0.123 e. The Morgan fingerprint density at radius 1 is 0.889 bits per heavy atom. The fourth-order valence-electron chi connectivity index (χ4n) is 1.56. The standard InChI is InChI=1S/C15H24O3/c1-3-5-7-17-14-9-13(12-16)10-15(11-14)18-8-6-4-2/h9-11,16H,3-8,12H2,1-2H3. The SMILES string of the molecule is CCCCOc1cc(CO)cc(OCCCC)c1. The average molecular weight is 252 g/mol. The number of ether oxygens (including phenoxy) is 2. The zero-order chi connectivity index (χ0) is 13.2. The van der Waals surface area contributed by atoms with Crippen LogP contribution in [0.25, 0.3) is 0 Å². The number of rotatable bonds is 9. The van der Waals surface area contributed by atoms with Crippen molar-refractivity contribution in [3.63, 3.8) is 0 Å². The number of unbranched alkanes of at least 4 members (excludes halogenated alkanes) is 2. The molecular formula is C15H24O3. The van der Waals surface area contributed by atoms with Gasteiger partial charge in [-0.15, -0.1) is 0 Å². The molecule has 0 atom stereocenters. The molecule has 1 aromatic rings. The van der Waals surface area contributed by atoms with Gasteiger partial charge in [-0.05, 0) is 30.5 Å². The molecule has 0 spiro atoms. The molecular weight excluding hydrogens is 228 g/mol. The number of benzene rings is 1. The van der Waals surface area contributed by atoms with E-state index < -0.39 is 0 Å². The van der Waals surface area contributed by atoms with Crippen LogP contribution in [0.15, 0.2) is 18.2 Å². The summed E-state index contributed by atoms with van der Waals surface area (Å²) in [5.74, 6) is 1.56. The van der Waals surface area contributed by atoms with Gasteiger partial charge in [-0.2, -0.15) is 0 Å². The van der Waals surface area contributed by atoms with E-state index in [4.69, 9.17) is 9.47 Å². The molecule has 1 N–H and O–H groups in total. The Balaban J connectivity index is 2.62. The fraction of sp³-hybridized carbons (Fsp3) is 0.600. The van der Waals surface area contributed by atoms with E-state index in [0.717, 1.165) is 42.7 Å². The van der Waals surface area contributed by atoms with Crippen molar-refractivity contribution in [3.8, 4) is 11.5 Å². The second-order valence-electron chi connectivity index (χ2n) is 4.37. The summed E-state index contributed by atoms with van der Waals surface area (Å²) in [6.07, 6.45) is 4.30. The van der Waals surface area contributed by atoms with Gasteiger partial charge >= 0.3 is 0 Å². The molecule has 0 saturated heterocycles. The zero-order valence-electron chi connectivity index (χ0n) is 11.4. The van der Waals surface area contributed by atoms with E-state index in [1.165, 1.54) is 0 Å². The van der Waals surface area contributed by atoms with Crippen molar-refractivity contribution in [1.82, 2.24) is 0 Å². The molecule has 18 heavy (non-hydrogen) atoms. The molecule has 1 aromatic carbocycles. The molecule has 0 saturated carbocycles. The lowest BCUT2D eigenvalue weighted by atomic mass is 10.2. The summed E-state index contributed by atoms with van der Waals surface area (Å²) in [4.78, 5) is 0. The lowest BCUT2D eigenvalue weighted by molar-refractivity contribution is 0.272. The van der Waals surface area contributed by atoms with Crippen molar-refractivity contribution in [2.75, 3.05) is 13.2 Å². The predicted molar refractivity (Wildman–Crippen MR) is 73.2 cm³/mol. The molecule has 0 radical (unpaired) electrons. The summed E-state index contributed by atoms with van der Waals surface area (Å²) in [5.41, 5.74) is 0.829. The topological polar surface area (TPSA) is 38.7 Å². The van der Waals surface area contributed by atoms with Crippen LogP contribution in [0, 0.1) is 0 Å². The highest BCUT2D eigenvalue weighted by atomic mass is 16.5. The minimum absolute atomic E-state index is 0.00904. The molecule has 0 aliphatic carbocycles. The fourth-order valence-corrected chi connectivity index (χ4v) is 1.56. The first-order chi connectivity index (χ1) is 8.80. The van der Waals surface area contributed by atoms with Gasteiger partial charge in [-0.1, -0.05) is 26.7 Å². The average Bonchev–Trinajstić information content (AvgIpc) is 2.39. The van der Waals surface area contributed by atoms with E-state index in [2.05, 4.69) is 13.8 Å². The first kappa shape index (κ1) is 14.8. The van der Waals surface area contributed by atoms with E-state index in [0.29, 0.717) is 13.2 Å². The van der Waals surface area contributed by atoms with Gasteiger partial charge in [0.15, 0.2) is 0 Å². The molecule has 0 amide bonds. The quantitative estimate of drug-likeness (QED) is 0.683. The van der Waals surface area contributed by atoms with Crippen LogP contribution in [0.3, 0.4) is 0 Å². The molecule has 3 nitrogen and oxygen atoms in total. The molecule has 0 bridgehead atoms. The Kier molecular flexibility index (Phi) is 7.26. The largest absolute Gasteiger partial charge is 0.493 e. The Bertz CT molecular complexity index is 308. The van der Waals surface area contributed by atoms with Gasteiger partial charge in [0.05, 0.1) is 19.8 Å². The molecule has 0 unspecified atom stereocenters. The molecule has 0 aliphatic rings. The van der Waals surface area contributed by atoms with Crippen LogP contribution in [-0.4, -0.2) is 18.3 Å². The van der Waals surface area contributed by atoms with Gasteiger partial charge in [0, 0.05) is 6.07 Å². The van der Waals surface area contributed by atoms with Crippen molar-refractivity contribution < 1.29 is 14.6 Å². The molecule has 0 fully saturated rings. The lowest BCUT2D eigenvalue weighted by Gasteiger charge is -2.11. The Hall–Kier alpha value is -1.22. The molecule has 3 heteroatoms. The van der Waals surface area contributed by atoms with Crippen LogP contribution in [0.5, 0.6) is 11.5 Å². The summed E-state index contributed by atoms with van der Waals surface area (Å²) in [6, 6.07) is 5.62. The first-order valence-corrected chi connectivity index (χ1v) is 6.80. The molecule has 0 heterocycles. The van der Waals surface area contributed by atoms with Crippen LogP contribution >= 0.6 is 0 Å². The molecule has 0 aliphatic heterocycles. The minimum Gasteiger partial charge on any atom is -0.493 e. The number of aliphatic hydroxyl groups excluding tert-OH is 1. The Labute approximate surface area is 110 Å². The first-order valence-electron chi connectivity index (χ1n) is 6.80. The van der Waals surface area contributed by atoms with Crippen LogP contribution in [0.1, 0.15) is 45.1 Å². The lowest BCUT2D eigenvalue weighted by Crippen LogP contribution is -2.00. The number of aliphatic hydroxyl groups is 1. The maximum absolute atomic E-state index is 9.22. The molecule has 0 aromatic heterocycles. The predicted octanol–water partition coefficient (Wildman–Crippen LogP) is 3.54. The highest BCUT2D eigenvalue weighted by Gasteiger charge is 2.03. The van der Waals surface area contributed by atoms with Gasteiger partial charge in [-0.3, -0.25) is 0 Å². The van der Waals surface area contributed by atoms with Crippen LogP contribution < -0.4 is 9.47 Å². The van der Waals surface area contributed by atoms with Gasteiger partial charge in [0.1, 0.15) is 11.5 Å². The third kappa shape index (κ3) is 5.41. The van der Waals surface area contributed by atoms with Gasteiger partial charge in [0.25, 0.3) is 0 Å². The van der Waals surface area contributed by atoms with E-state index >= 15 is 0 Å². The van der Waals surface area contributed by atoms with Crippen molar-refractivity contribution in [3.05, 3.63) is 23.8 Å². The highest BCUT2D eigenvalue weighted by molar-refractivity contribution is 5.38. The van der Waals surface area contributed by atoms with Gasteiger partial charge in [0.2, 0.25) is 0 Å². The zero-order valence-corrected chi connectivity index (χ0v) is 11.4. The normalized spacial score (nSPS) is 10.4. The van der Waals surface area contributed by atoms with Crippen molar-refractivity contribution in [2.24, 2.45) is 0 Å². The second kappa shape index (κ2) is 8.81. The monoisotopic (exact) mass is 252 g/mol. The van der Waals surface area contributed by atoms with Crippen molar-refractivity contribution in [2.45, 2.75) is 46.1 Å². The third-order valence-corrected chi connectivity index (χ3v) is 2.66. The highest BCUT2D eigenvalue weighted by Crippen LogP contribution is 2.23. The minimum atomic E-state index is 0.00904. The summed E-state index contributed by atoms with van der Waals surface area (Å²) in [7, 11) is 0. The molecule has 1 rings (SSSR count). The smallest absolute Gasteiger partial charge is 0.123 e. The summed E-state index contributed by atoms with van der Waals surface area (Å²) < 4.78 is 11.3. The van der Waals surface area contributed by atoms with Crippen LogP contribution in [-0.2, 0) is 6.61 Å². The third-order valence-electron chi connectivity index (χ3n) is 2.66. The van der Waals surface area contributed by atoms with E-state index in [1.807, 2.05) is 18.2 Å². The maximum atomic E-state index is 9.22. The Morgan fingerprint density at radius 2 is 1.39 bits per heavy atom. The molecule has 102 valence electrons. The summed E-state index contributed by atoms with van der Waals surface area (Å²) in [5, 5.41) is 9.22. The van der Waals surface area contributed by atoms with Crippen LogP contribution in [0.2, 0.25) is 0 Å². The Morgan fingerprint density at radius 3 is 1.78 bits per heavy atom.